The maximum Gasteiger partial charge on any atom is 0.224 e. The van der Waals surface area contributed by atoms with Crippen LogP contribution in [-0.2, 0) is 9.53 Å². The number of nitrogens with one attached hydrogen (secondary N) is 1. The van der Waals surface area contributed by atoms with E-state index in [-0.39, 0.29) is 5.91 Å². The molecule has 0 spiro atoms. The molecule has 0 aliphatic rings. The third-order valence-electron chi connectivity index (χ3n) is 3.21. The molecular formula is C16H26N2O3. The van der Waals surface area contributed by atoms with Crippen molar-refractivity contribution in [3.05, 3.63) is 18.2 Å². The van der Waals surface area contributed by atoms with Gasteiger partial charge >= 0.3 is 0 Å². The summed E-state index contributed by atoms with van der Waals surface area (Å²) in [5.41, 5.74) is 1.79. The zero-order valence-corrected chi connectivity index (χ0v) is 13.4. The second-order valence-electron chi connectivity index (χ2n) is 4.60. The average Bonchev–Trinajstić information content (AvgIpc) is 2.50. The lowest BCUT2D eigenvalue weighted by atomic mass is 10.2. The van der Waals surface area contributed by atoms with Crippen LogP contribution in [0.1, 0.15) is 27.2 Å². The highest BCUT2D eigenvalue weighted by Crippen LogP contribution is 2.31. The molecule has 0 bridgehead atoms. The predicted octanol–water partition coefficient (Wildman–Crippen LogP) is 2.91. The molecule has 118 valence electrons. The van der Waals surface area contributed by atoms with E-state index in [9.17, 15) is 4.79 Å². The fourth-order valence-corrected chi connectivity index (χ4v) is 2.01. The molecule has 0 heterocycles. The van der Waals surface area contributed by atoms with Crippen LogP contribution in [0.2, 0.25) is 0 Å². The molecule has 0 aliphatic carbocycles. The van der Waals surface area contributed by atoms with Gasteiger partial charge in [-0.15, -0.1) is 0 Å². The standard InChI is InChI=1S/C16H26N2O3/c1-5-16(19)17-13-8-9-15(21-11-10-20-4)14(12-13)18(6-2)7-3/h8-9,12H,5-7,10-11H2,1-4H3,(H,17,19). The van der Waals surface area contributed by atoms with Crippen molar-refractivity contribution in [3.8, 4) is 5.75 Å². The van der Waals surface area contributed by atoms with Gasteiger partial charge in [0.2, 0.25) is 5.91 Å². The molecule has 5 nitrogen and oxygen atoms in total. The first-order chi connectivity index (χ1) is 10.2. The van der Waals surface area contributed by atoms with Crippen LogP contribution in [0.4, 0.5) is 11.4 Å². The second-order valence-corrected chi connectivity index (χ2v) is 4.60. The van der Waals surface area contributed by atoms with Crippen LogP contribution in [0.25, 0.3) is 0 Å². The third kappa shape index (κ3) is 5.27. The lowest BCUT2D eigenvalue weighted by Crippen LogP contribution is -2.23. The van der Waals surface area contributed by atoms with Gasteiger partial charge in [0, 0.05) is 32.3 Å². The fraction of sp³-hybridized carbons (Fsp3) is 0.562. The van der Waals surface area contributed by atoms with E-state index in [2.05, 4.69) is 24.1 Å². The lowest BCUT2D eigenvalue weighted by molar-refractivity contribution is -0.115. The van der Waals surface area contributed by atoms with Gasteiger partial charge in [-0.2, -0.15) is 0 Å². The Hall–Kier alpha value is -1.75. The summed E-state index contributed by atoms with van der Waals surface area (Å²) in [6, 6.07) is 5.72. The number of benzene rings is 1. The quantitative estimate of drug-likeness (QED) is 0.712. The monoisotopic (exact) mass is 294 g/mol. The lowest BCUT2D eigenvalue weighted by Gasteiger charge is -2.24. The van der Waals surface area contributed by atoms with Crippen LogP contribution in [0.5, 0.6) is 5.75 Å². The van der Waals surface area contributed by atoms with E-state index in [0.717, 1.165) is 30.2 Å². The minimum atomic E-state index is 0.00792. The molecule has 0 saturated carbocycles. The SMILES string of the molecule is CCC(=O)Nc1ccc(OCCOC)c(N(CC)CC)c1. The van der Waals surface area contributed by atoms with Gasteiger partial charge in [0.05, 0.1) is 12.3 Å². The number of carbonyl (C=O) groups is 1. The van der Waals surface area contributed by atoms with Gasteiger partial charge in [0.1, 0.15) is 12.4 Å². The molecule has 5 heteroatoms. The molecule has 0 radical (unpaired) electrons. The molecule has 1 amide bonds. The van der Waals surface area contributed by atoms with Crippen LogP contribution in [-0.4, -0.2) is 39.3 Å². The van der Waals surface area contributed by atoms with Crippen molar-refractivity contribution < 1.29 is 14.3 Å². The smallest absolute Gasteiger partial charge is 0.224 e. The number of amides is 1. The minimum absolute atomic E-state index is 0.00792. The summed E-state index contributed by atoms with van der Waals surface area (Å²) in [6.45, 7) is 8.84. The summed E-state index contributed by atoms with van der Waals surface area (Å²) in [4.78, 5) is 13.7. The average molecular weight is 294 g/mol. The summed E-state index contributed by atoms with van der Waals surface area (Å²) in [6.07, 6.45) is 0.465. The van der Waals surface area contributed by atoms with Gasteiger partial charge in [-0.05, 0) is 32.0 Å². The number of hydrogen-bond donors (Lipinski definition) is 1. The maximum absolute atomic E-state index is 11.5. The van der Waals surface area contributed by atoms with Crippen molar-refractivity contribution in [2.45, 2.75) is 27.2 Å². The Morgan fingerprint density at radius 3 is 2.48 bits per heavy atom. The number of rotatable bonds is 9. The van der Waals surface area contributed by atoms with Crippen LogP contribution in [0.15, 0.2) is 18.2 Å². The number of hydrogen-bond acceptors (Lipinski definition) is 4. The van der Waals surface area contributed by atoms with E-state index in [1.165, 1.54) is 0 Å². The van der Waals surface area contributed by atoms with E-state index in [0.29, 0.717) is 19.6 Å². The predicted molar refractivity (Wildman–Crippen MR) is 86.3 cm³/mol. The summed E-state index contributed by atoms with van der Waals surface area (Å²) in [5.74, 6) is 0.818. The van der Waals surface area contributed by atoms with Crippen LogP contribution in [0.3, 0.4) is 0 Å². The van der Waals surface area contributed by atoms with Gasteiger partial charge < -0.3 is 19.7 Å². The first kappa shape index (κ1) is 17.3. The summed E-state index contributed by atoms with van der Waals surface area (Å²) in [5, 5.41) is 2.88. The molecule has 21 heavy (non-hydrogen) atoms. The molecule has 0 unspecified atom stereocenters. The molecule has 1 N–H and O–H groups in total. The highest BCUT2D eigenvalue weighted by Gasteiger charge is 2.12. The van der Waals surface area contributed by atoms with Gasteiger partial charge in [-0.3, -0.25) is 4.79 Å². The van der Waals surface area contributed by atoms with E-state index < -0.39 is 0 Å². The molecule has 0 aromatic heterocycles. The number of anilines is 2. The largest absolute Gasteiger partial charge is 0.489 e. The van der Waals surface area contributed by atoms with E-state index in [1.807, 2.05) is 25.1 Å². The molecule has 1 aromatic carbocycles. The van der Waals surface area contributed by atoms with Gasteiger partial charge in [0.25, 0.3) is 0 Å². The molecule has 0 fully saturated rings. The summed E-state index contributed by atoms with van der Waals surface area (Å²) < 4.78 is 10.8. The van der Waals surface area contributed by atoms with Crippen molar-refractivity contribution in [2.75, 3.05) is 43.6 Å². The van der Waals surface area contributed by atoms with Crippen LogP contribution >= 0.6 is 0 Å². The van der Waals surface area contributed by atoms with E-state index in [4.69, 9.17) is 9.47 Å². The summed E-state index contributed by atoms with van der Waals surface area (Å²) in [7, 11) is 1.65. The third-order valence-corrected chi connectivity index (χ3v) is 3.21. The highest BCUT2D eigenvalue weighted by atomic mass is 16.5. The Kier molecular flexibility index (Phi) is 7.61. The minimum Gasteiger partial charge on any atom is -0.489 e. The molecule has 0 saturated heterocycles. The molecule has 1 rings (SSSR count). The zero-order valence-electron chi connectivity index (χ0n) is 13.4. The number of nitrogens with zero attached hydrogens (tertiary/aromatic N) is 1. The van der Waals surface area contributed by atoms with Crippen molar-refractivity contribution in [1.82, 2.24) is 0 Å². The molecule has 0 atom stereocenters. The normalized spacial score (nSPS) is 10.3. The summed E-state index contributed by atoms with van der Waals surface area (Å²) >= 11 is 0. The Balaban J connectivity index is 2.98. The Bertz CT molecular complexity index is 445. The van der Waals surface area contributed by atoms with Gasteiger partial charge in [-0.1, -0.05) is 6.92 Å². The number of carbonyl (C=O) groups excluding carboxylic acids is 1. The highest BCUT2D eigenvalue weighted by molar-refractivity contribution is 5.91. The van der Waals surface area contributed by atoms with E-state index in [1.54, 1.807) is 7.11 Å². The van der Waals surface area contributed by atoms with Gasteiger partial charge in [0.15, 0.2) is 0 Å². The van der Waals surface area contributed by atoms with Crippen molar-refractivity contribution in [3.63, 3.8) is 0 Å². The first-order valence-electron chi connectivity index (χ1n) is 7.46. The molecule has 1 aromatic rings. The van der Waals surface area contributed by atoms with Crippen molar-refractivity contribution >= 4 is 17.3 Å². The molecular weight excluding hydrogens is 268 g/mol. The Labute approximate surface area is 127 Å². The zero-order chi connectivity index (χ0) is 15.7. The maximum atomic E-state index is 11.5. The van der Waals surface area contributed by atoms with Crippen LogP contribution in [0, 0.1) is 0 Å². The Morgan fingerprint density at radius 2 is 1.90 bits per heavy atom. The van der Waals surface area contributed by atoms with Crippen molar-refractivity contribution in [1.29, 1.82) is 0 Å². The first-order valence-corrected chi connectivity index (χ1v) is 7.46. The molecule has 0 aliphatic heterocycles. The number of ether oxygens (including phenoxy) is 2. The number of methoxy groups -OCH3 is 1. The van der Waals surface area contributed by atoms with Crippen LogP contribution < -0.4 is 15.0 Å². The fourth-order valence-electron chi connectivity index (χ4n) is 2.01. The Morgan fingerprint density at radius 1 is 1.19 bits per heavy atom. The van der Waals surface area contributed by atoms with Gasteiger partial charge in [-0.25, -0.2) is 0 Å². The van der Waals surface area contributed by atoms with E-state index >= 15 is 0 Å². The second kappa shape index (κ2) is 9.23. The van der Waals surface area contributed by atoms with Crippen molar-refractivity contribution in [2.24, 2.45) is 0 Å². The topological polar surface area (TPSA) is 50.8 Å².